The zero-order valence-corrected chi connectivity index (χ0v) is 16.9. The molecule has 0 fully saturated rings. The Morgan fingerprint density at radius 3 is 2.54 bits per heavy atom. The lowest BCUT2D eigenvalue weighted by atomic mass is 10.0. The third kappa shape index (κ3) is 5.57. The fourth-order valence-corrected chi connectivity index (χ4v) is 3.43. The van der Waals surface area contributed by atoms with Crippen LogP contribution >= 0.6 is 0 Å². The number of rotatable bonds is 10. The molecule has 0 aliphatic carbocycles. The molecule has 3 aromatic rings. The lowest BCUT2D eigenvalue weighted by molar-refractivity contribution is 0.164. The van der Waals surface area contributed by atoms with Crippen LogP contribution in [-0.2, 0) is 6.42 Å². The highest BCUT2D eigenvalue weighted by Gasteiger charge is 2.14. The van der Waals surface area contributed by atoms with Crippen LogP contribution in [0, 0.1) is 0 Å². The zero-order chi connectivity index (χ0) is 19.8. The number of para-hydroxylation sites is 1. The minimum Gasteiger partial charge on any atom is -0.493 e. The van der Waals surface area contributed by atoms with E-state index in [0.717, 1.165) is 30.6 Å². The Morgan fingerprint density at radius 1 is 0.964 bits per heavy atom. The van der Waals surface area contributed by atoms with Crippen molar-refractivity contribution in [1.82, 2.24) is 5.32 Å². The summed E-state index contributed by atoms with van der Waals surface area (Å²) in [6, 6.07) is 23.1. The van der Waals surface area contributed by atoms with E-state index in [-0.39, 0.29) is 6.04 Å². The highest BCUT2D eigenvalue weighted by Crippen LogP contribution is 2.25. The molecule has 3 rings (SSSR count). The van der Waals surface area contributed by atoms with Gasteiger partial charge < -0.3 is 15.2 Å². The molecule has 0 heterocycles. The van der Waals surface area contributed by atoms with Crippen molar-refractivity contribution in [2.45, 2.75) is 45.3 Å². The molecule has 0 saturated heterocycles. The minimum absolute atomic E-state index is 0.268. The smallest absolute Gasteiger partial charge is 0.125 e. The van der Waals surface area contributed by atoms with Crippen molar-refractivity contribution in [3.05, 3.63) is 77.9 Å². The predicted octanol–water partition coefficient (Wildman–Crippen LogP) is 5.27. The van der Waals surface area contributed by atoms with E-state index in [2.05, 4.69) is 61.6 Å². The van der Waals surface area contributed by atoms with Gasteiger partial charge in [0.25, 0.3) is 0 Å². The van der Waals surface area contributed by atoms with Gasteiger partial charge in [-0.25, -0.2) is 0 Å². The first-order chi connectivity index (χ1) is 13.7. The molecule has 2 N–H and O–H groups in total. The van der Waals surface area contributed by atoms with Crippen molar-refractivity contribution in [2.75, 3.05) is 13.2 Å². The second-order valence-electron chi connectivity index (χ2n) is 7.45. The summed E-state index contributed by atoms with van der Waals surface area (Å²) in [6.07, 6.45) is 2.45. The van der Waals surface area contributed by atoms with Gasteiger partial charge in [-0.2, -0.15) is 0 Å². The van der Waals surface area contributed by atoms with E-state index < -0.39 is 6.10 Å². The van der Waals surface area contributed by atoms with Gasteiger partial charge in [0, 0.05) is 18.2 Å². The van der Waals surface area contributed by atoms with E-state index in [1.807, 2.05) is 24.3 Å². The second kappa shape index (κ2) is 10.3. The quantitative estimate of drug-likeness (QED) is 0.473. The average molecular weight is 378 g/mol. The van der Waals surface area contributed by atoms with Crippen LogP contribution in [0.5, 0.6) is 5.75 Å². The van der Waals surface area contributed by atoms with Crippen LogP contribution in [0.1, 0.15) is 43.9 Å². The van der Waals surface area contributed by atoms with Crippen molar-refractivity contribution in [3.63, 3.8) is 0 Å². The Bertz CT molecular complexity index is 877. The highest BCUT2D eigenvalue weighted by molar-refractivity contribution is 5.82. The average Bonchev–Trinajstić information content (AvgIpc) is 2.72. The van der Waals surface area contributed by atoms with Crippen LogP contribution in [-0.4, -0.2) is 24.3 Å². The number of benzene rings is 3. The van der Waals surface area contributed by atoms with Crippen LogP contribution in [0.3, 0.4) is 0 Å². The van der Waals surface area contributed by atoms with Gasteiger partial charge in [0.1, 0.15) is 5.75 Å². The van der Waals surface area contributed by atoms with Crippen LogP contribution in [0.15, 0.2) is 66.7 Å². The highest BCUT2D eigenvalue weighted by atomic mass is 16.5. The molecule has 28 heavy (non-hydrogen) atoms. The van der Waals surface area contributed by atoms with Gasteiger partial charge in [0.05, 0.1) is 12.7 Å². The molecule has 148 valence electrons. The molecule has 3 nitrogen and oxygen atoms in total. The van der Waals surface area contributed by atoms with Crippen LogP contribution in [0.4, 0.5) is 0 Å². The molecule has 2 unspecified atom stereocenters. The Morgan fingerprint density at radius 2 is 1.71 bits per heavy atom. The van der Waals surface area contributed by atoms with Crippen molar-refractivity contribution >= 4 is 10.8 Å². The largest absolute Gasteiger partial charge is 0.493 e. The molecule has 0 aliphatic heterocycles. The van der Waals surface area contributed by atoms with Gasteiger partial charge in [-0.3, -0.25) is 0 Å². The van der Waals surface area contributed by atoms with Crippen molar-refractivity contribution in [3.8, 4) is 5.75 Å². The SMILES string of the molecule is CCCCOc1ccccc1C(O)CNC(C)Cc1ccc2ccccc2c1. The molecular weight excluding hydrogens is 346 g/mol. The van der Waals surface area contributed by atoms with Crippen molar-refractivity contribution < 1.29 is 9.84 Å². The number of aliphatic hydroxyl groups excluding tert-OH is 1. The standard InChI is InChI=1S/C25H31NO2/c1-3-4-15-28-25-12-8-7-11-23(25)24(27)18-26-19(2)16-20-13-14-21-9-5-6-10-22(21)17-20/h5-14,17,19,24,26-27H,3-4,15-16,18H2,1-2H3. The zero-order valence-electron chi connectivity index (χ0n) is 16.9. The molecule has 0 amide bonds. The Labute approximate surface area is 168 Å². The molecule has 2 atom stereocenters. The summed E-state index contributed by atoms with van der Waals surface area (Å²) >= 11 is 0. The van der Waals surface area contributed by atoms with E-state index in [9.17, 15) is 5.11 Å². The minimum atomic E-state index is -0.586. The van der Waals surface area contributed by atoms with Gasteiger partial charge in [-0.05, 0) is 42.2 Å². The number of fused-ring (bicyclic) bond motifs is 1. The molecule has 3 aromatic carbocycles. The summed E-state index contributed by atoms with van der Waals surface area (Å²) in [5.74, 6) is 0.785. The Balaban J connectivity index is 1.55. The topological polar surface area (TPSA) is 41.5 Å². The van der Waals surface area contributed by atoms with E-state index in [0.29, 0.717) is 13.2 Å². The number of hydrogen-bond acceptors (Lipinski definition) is 3. The van der Waals surface area contributed by atoms with E-state index in [1.165, 1.54) is 16.3 Å². The van der Waals surface area contributed by atoms with E-state index in [4.69, 9.17) is 4.74 Å². The predicted molar refractivity (Wildman–Crippen MR) is 117 cm³/mol. The molecule has 0 radical (unpaired) electrons. The first-order valence-electron chi connectivity index (χ1n) is 10.3. The maximum absolute atomic E-state index is 10.7. The van der Waals surface area contributed by atoms with Crippen molar-refractivity contribution in [2.24, 2.45) is 0 Å². The molecule has 3 heteroatoms. The van der Waals surface area contributed by atoms with Gasteiger partial charge in [-0.1, -0.05) is 74.0 Å². The summed E-state index contributed by atoms with van der Waals surface area (Å²) in [5.41, 5.74) is 2.15. The summed E-state index contributed by atoms with van der Waals surface area (Å²) < 4.78 is 5.85. The number of hydrogen-bond donors (Lipinski definition) is 2. The van der Waals surface area contributed by atoms with Crippen molar-refractivity contribution in [1.29, 1.82) is 0 Å². The number of aliphatic hydroxyl groups is 1. The lowest BCUT2D eigenvalue weighted by Crippen LogP contribution is -2.32. The summed E-state index contributed by atoms with van der Waals surface area (Å²) in [5, 5.41) is 16.7. The first kappa shape index (κ1) is 20.4. The normalized spacial score (nSPS) is 13.4. The summed E-state index contributed by atoms with van der Waals surface area (Å²) in [6.45, 7) is 5.49. The number of ether oxygens (including phenoxy) is 1. The Kier molecular flexibility index (Phi) is 7.46. The van der Waals surface area contributed by atoms with Gasteiger partial charge in [-0.15, -0.1) is 0 Å². The first-order valence-corrected chi connectivity index (χ1v) is 10.3. The second-order valence-corrected chi connectivity index (χ2v) is 7.45. The molecule has 0 saturated carbocycles. The van der Waals surface area contributed by atoms with E-state index in [1.54, 1.807) is 0 Å². The molecule has 0 bridgehead atoms. The third-order valence-electron chi connectivity index (χ3n) is 5.05. The fourth-order valence-electron chi connectivity index (χ4n) is 3.43. The van der Waals surface area contributed by atoms with Crippen LogP contribution in [0.25, 0.3) is 10.8 Å². The molecule has 0 spiro atoms. The molecular formula is C25H31NO2. The maximum atomic E-state index is 10.7. The molecule has 0 aromatic heterocycles. The number of unbranched alkanes of at least 4 members (excludes halogenated alkanes) is 1. The van der Waals surface area contributed by atoms with E-state index >= 15 is 0 Å². The fraction of sp³-hybridized carbons (Fsp3) is 0.360. The number of nitrogens with one attached hydrogen (secondary N) is 1. The van der Waals surface area contributed by atoms with Gasteiger partial charge in [0.2, 0.25) is 0 Å². The van der Waals surface area contributed by atoms with Gasteiger partial charge in [0.15, 0.2) is 0 Å². The third-order valence-corrected chi connectivity index (χ3v) is 5.05. The molecule has 0 aliphatic rings. The van der Waals surface area contributed by atoms with Crippen LogP contribution in [0.2, 0.25) is 0 Å². The summed E-state index contributed by atoms with van der Waals surface area (Å²) in [7, 11) is 0. The lowest BCUT2D eigenvalue weighted by Gasteiger charge is -2.20. The van der Waals surface area contributed by atoms with Gasteiger partial charge >= 0.3 is 0 Å². The Hall–Kier alpha value is -2.36. The maximum Gasteiger partial charge on any atom is 0.125 e. The summed E-state index contributed by atoms with van der Waals surface area (Å²) in [4.78, 5) is 0. The monoisotopic (exact) mass is 377 g/mol. The van der Waals surface area contributed by atoms with Crippen LogP contribution < -0.4 is 10.1 Å².